The second kappa shape index (κ2) is 5.19. The molecule has 2 rings (SSSR count). The second-order valence-electron chi connectivity index (χ2n) is 5.11. The van der Waals surface area contributed by atoms with E-state index < -0.39 is 0 Å². The Hall–Kier alpha value is -0.870. The molecule has 0 saturated carbocycles. The van der Waals surface area contributed by atoms with Crippen molar-refractivity contribution >= 4 is 0 Å². The van der Waals surface area contributed by atoms with Crippen molar-refractivity contribution in [1.82, 2.24) is 9.78 Å². The zero-order chi connectivity index (χ0) is 12.4. The molecule has 2 N–H and O–H groups in total. The van der Waals surface area contributed by atoms with Crippen LogP contribution in [0.5, 0.6) is 0 Å². The summed E-state index contributed by atoms with van der Waals surface area (Å²) in [6.07, 6.45) is 2.29. The van der Waals surface area contributed by atoms with Crippen LogP contribution in [0.2, 0.25) is 0 Å². The Kier molecular flexibility index (Phi) is 3.84. The van der Waals surface area contributed by atoms with Crippen molar-refractivity contribution in [3.05, 3.63) is 17.0 Å². The van der Waals surface area contributed by atoms with Crippen LogP contribution in [0.1, 0.15) is 42.8 Å². The molecule has 4 nitrogen and oxygen atoms in total. The summed E-state index contributed by atoms with van der Waals surface area (Å²) in [5.41, 5.74) is 9.49. The predicted octanol–water partition coefficient (Wildman–Crippen LogP) is 1.95. The zero-order valence-electron chi connectivity index (χ0n) is 11.1. The van der Waals surface area contributed by atoms with Crippen LogP contribution in [0.15, 0.2) is 0 Å². The number of nitrogens with two attached hydrogens (primary N) is 1. The molecular weight excluding hydrogens is 214 g/mol. The van der Waals surface area contributed by atoms with E-state index in [1.807, 2.05) is 13.8 Å². The van der Waals surface area contributed by atoms with E-state index in [9.17, 15) is 0 Å². The van der Waals surface area contributed by atoms with Gasteiger partial charge >= 0.3 is 0 Å². The minimum absolute atomic E-state index is 0.0680. The molecule has 0 bridgehead atoms. The van der Waals surface area contributed by atoms with Gasteiger partial charge in [0.15, 0.2) is 0 Å². The van der Waals surface area contributed by atoms with Crippen molar-refractivity contribution in [2.45, 2.75) is 46.2 Å². The highest BCUT2D eigenvalue weighted by Crippen LogP contribution is 2.22. The van der Waals surface area contributed by atoms with E-state index in [0.29, 0.717) is 5.92 Å². The molecule has 96 valence electrons. The Morgan fingerprint density at radius 3 is 2.59 bits per heavy atom. The van der Waals surface area contributed by atoms with Crippen molar-refractivity contribution in [2.75, 3.05) is 13.2 Å². The molecule has 0 spiro atoms. The van der Waals surface area contributed by atoms with Crippen LogP contribution in [-0.2, 0) is 11.3 Å². The Labute approximate surface area is 103 Å². The van der Waals surface area contributed by atoms with Crippen LogP contribution in [0.3, 0.4) is 0 Å². The van der Waals surface area contributed by atoms with Crippen LogP contribution < -0.4 is 5.73 Å². The van der Waals surface area contributed by atoms with Crippen LogP contribution in [0, 0.1) is 19.8 Å². The summed E-state index contributed by atoms with van der Waals surface area (Å²) in [4.78, 5) is 0. The molecule has 0 aliphatic carbocycles. The molecule has 0 aromatic carbocycles. The average molecular weight is 237 g/mol. The van der Waals surface area contributed by atoms with Gasteiger partial charge in [0.25, 0.3) is 0 Å². The number of hydrogen-bond donors (Lipinski definition) is 1. The van der Waals surface area contributed by atoms with Gasteiger partial charge in [0.2, 0.25) is 0 Å². The molecule has 1 aliphatic heterocycles. The van der Waals surface area contributed by atoms with E-state index in [1.165, 1.54) is 11.3 Å². The first-order valence-corrected chi connectivity index (χ1v) is 6.46. The van der Waals surface area contributed by atoms with Crippen molar-refractivity contribution < 1.29 is 4.74 Å². The second-order valence-corrected chi connectivity index (χ2v) is 5.11. The Bertz CT molecular complexity index is 378. The summed E-state index contributed by atoms with van der Waals surface area (Å²) in [5.74, 6) is 0.697. The smallest absolute Gasteiger partial charge is 0.0644 e. The van der Waals surface area contributed by atoms with Gasteiger partial charge in [0, 0.05) is 37.1 Å². The largest absolute Gasteiger partial charge is 0.381 e. The topological polar surface area (TPSA) is 53.1 Å². The fourth-order valence-corrected chi connectivity index (χ4v) is 2.72. The third-order valence-corrected chi connectivity index (χ3v) is 3.66. The summed E-state index contributed by atoms with van der Waals surface area (Å²) in [6, 6.07) is 0.0680. The molecule has 1 aromatic rings. The van der Waals surface area contributed by atoms with Crippen molar-refractivity contribution in [1.29, 1.82) is 0 Å². The molecule has 1 atom stereocenters. The van der Waals surface area contributed by atoms with Gasteiger partial charge < -0.3 is 10.5 Å². The van der Waals surface area contributed by atoms with Gasteiger partial charge in [-0.05, 0) is 39.5 Å². The Morgan fingerprint density at radius 1 is 1.41 bits per heavy atom. The van der Waals surface area contributed by atoms with Crippen LogP contribution in [0.4, 0.5) is 0 Å². The van der Waals surface area contributed by atoms with E-state index in [-0.39, 0.29) is 6.04 Å². The van der Waals surface area contributed by atoms with Gasteiger partial charge in [0.1, 0.15) is 0 Å². The third-order valence-electron chi connectivity index (χ3n) is 3.66. The van der Waals surface area contributed by atoms with Crippen LogP contribution in [0.25, 0.3) is 0 Å². The van der Waals surface area contributed by atoms with Crippen molar-refractivity contribution in [3.63, 3.8) is 0 Å². The van der Waals surface area contributed by atoms with Gasteiger partial charge in [-0.1, -0.05) is 0 Å². The first-order valence-electron chi connectivity index (χ1n) is 6.46. The number of hydrogen-bond acceptors (Lipinski definition) is 3. The standard InChI is InChI=1S/C13H23N3O/c1-9(14)13-10(2)15-16(11(13)3)8-12-4-6-17-7-5-12/h9,12H,4-8,14H2,1-3H3. The molecule has 4 heteroatoms. The van der Waals surface area contributed by atoms with Crippen LogP contribution >= 0.6 is 0 Å². The summed E-state index contributed by atoms with van der Waals surface area (Å²) >= 11 is 0. The Balaban J connectivity index is 2.13. The SMILES string of the molecule is Cc1nn(CC2CCOCC2)c(C)c1C(C)N. The molecule has 1 saturated heterocycles. The maximum Gasteiger partial charge on any atom is 0.0644 e. The minimum atomic E-state index is 0.0680. The minimum Gasteiger partial charge on any atom is -0.381 e. The lowest BCUT2D eigenvalue weighted by molar-refractivity contribution is 0.0599. The molecule has 1 unspecified atom stereocenters. The molecule has 0 radical (unpaired) electrons. The van der Waals surface area contributed by atoms with E-state index in [1.54, 1.807) is 0 Å². The van der Waals surface area contributed by atoms with E-state index in [4.69, 9.17) is 10.5 Å². The normalized spacial score (nSPS) is 19.5. The number of aryl methyl sites for hydroxylation is 1. The Morgan fingerprint density at radius 2 is 2.06 bits per heavy atom. The van der Waals surface area contributed by atoms with E-state index in [0.717, 1.165) is 38.3 Å². The van der Waals surface area contributed by atoms with Gasteiger partial charge in [0.05, 0.1) is 5.69 Å². The maximum absolute atomic E-state index is 5.99. The third kappa shape index (κ3) is 2.69. The highest BCUT2D eigenvalue weighted by atomic mass is 16.5. The maximum atomic E-state index is 5.99. The molecule has 1 aromatic heterocycles. The summed E-state index contributed by atoms with van der Waals surface area (Å²) in [7, 11) is 0. The summed E-state index contributed by atoms with van der Waals surface area (Å²) < 4.78 is 7.51. The highest BCUT2D eigenvalue weighted by molar-refractivity contribution is 5.27. The van der Waals surface area contributed by atoms with Gasteiger partial charge in [-0.2, -0.15) is 5.10 Å². The first kappa shape index (κ1) is 12.6. The average Bonchev–Trinajstić information content (AvgIpc) is 2.55. The number of aromatic nitrogens is 2. The summed E-state index contributed by atoms with van der Waals surface area (Å²) in [6.45, 7) is 8.98. The lowest BCUT2D eigenvalue weighted by Crippen LogP contribution is -2.21. The lowest BCUT2D eigenvalue weighted by Gasteiger charge is -2.22. The lowest BCUT2D eigenvalue weighted by atomic mass is 10.0. The molecule has 1 fully saturated rings. The number of rotatable bonds is 3. The molecule has 17 heavy (non-hydrogen) atoms. The van der Waals surface area contributed by atoms with Crippen LogP contribution in [-0.4, -0.2) is 23.0 Å². The highest BCUT2D eigenvalue weighted by Gasteiger charge is 2.19. The zero-order valence-corrected chi connectivity index (χ0v) is 11.1. The number of ether oxygens (including phenoxy) is 1. The van der Waals surface area contributed by atoms with Gasteiger partial charge in [-0.15, -0.1) is 0 Å². The van der Waals surface area contributed by atoms with Crippen molar-refractivity contribution in [3.8, 4) is 0 Å². The monoisotopic (exact) mass is 237 g/mol. The van der Waals surface area contributed by atoms with Crippen molar-refractivity contribution in [2.24, 2.45) is 11.7 Å². The van der Waals surface area contributed by atoms with E-state index >= 15 is 0 Å². The fourth-order valence-electron chi connectivity index (χ4n) is 2.72. The van der Waals surface area contributed by atoms with Gasteiger partial charge in [-0.25, -0.2) is 0 Å². The molecular formula is C13H23N3O. The molecule has 2 heterocycles. The fraction of sp³-hybridized carbons (Fsp3) is 0.769. The predicted molar refractivity (Wildman–Crippen MR) is 67.8 cm³/mol. The quantitative estimate of drug-likeness (QED) is 0.874. The van der Waals surface area contributed by atoms with E-state index in [2.05, 4.69) is 16.7 Å². The first-order chi connectivity index (χ1) is 8.09. The number of nitrogens with zero attached hydrogens (tertiary/aromatic N) is 2. The molecule has 0 amide bonds. The summed E-state index contributed by atoms with van der Waals surface area (Å²) in [5, 5.41) is 4.62. The molecule has 1 aliphatic rings. The van der Waals surface area contributed by atoms with Gasteiger partial charge in [-0.3, -0.25) is 4.68 Å².